The minimum atomic E-state index is 0.226. The van der Waals surface area contributed by atoms with Crippen LogP contribution in [0.15, 0.2) is 42.6 Å². The Labute approximate surface area is 130 Å². The Balaban J connectivity index is 1.79. The van der Waals surface area contributed by atoms with Gasteiger partial charge in [-0.2, -0.15) is 0 Å². The minimum Gasteiger partial charge on any atom is -0.395 e. The lowest BCUT2D eigenvalue weighted by Gasteiger charge is -2.23. The highest BCUT2D eigenvalue weighted by Gasteiger charge is 2.24. The summed E-state index contributed by atoms with van der Waals surface area (Å²) in [4.78, 5) is 6.65. The van der Waals surface area contributed by atoms with Crippen molar-refractivity contribution < 1.29 is 5.11 Å². The largest absolute Gasteiger partial charge is 0.395 e. The van der Waals surface area contributed by atoms with Crippen molar-refractivity contribution in [2.75, 3.05) is 13.2 Å². The lowest BCUT2D eigenvalue weighted by atomic mass is 10.1. The molecular formula is C17H19ClN2O. The van der Waals surface area contributed by atoms with E-state index in [1.165, 1.54) is 0 Å². The summed E-state index contributed by atoms with van der Waals surface area (Å²) < 4.78 is 0. The summed E-state index contributed by atoms with van der Waals surface area (Å²) in [7, 11) is 0. The van der Waals surface area contributed by atoms with Crippen molar-refractivity contribution in [2.45, 2.75) is 25.4 Å². The van der Waals surface area contributed by atoms with Crippen LogP contribution in [0.5, 0.6) is 0 Å². The monoisotopic (exact) mass is 302 g/mol. The molecule has 0 bridgehead atoms. The maximum absolute atomic E-state index is 9.39. The normalized spacial score (nSPS) is 19.0. The van der Waals surface area contributed by atoms with E-state index in [0.717, 1.165) is 47.8 Å². The predicted octanol–water partition coefficient (Wildman–Crippen LogP) is 3.36. The first-order valence-corrected chi connectivity index (χ1v) is 7.70. The highest BCUT2D eigenvalue weighted by molar-refractivity contribution is 6.31. The molecule has 1 aromatic heterocycles. The molecule has 0 unspecified atom stereocenters. The van der Waals surface area contributed by atoms with Crippen LogP contribution in [0.25, 0.3) is 11.3 Å². The van der Waals surface area contributed by atoms with E-state index in [1.54, 1.807) is 6.20 Å². The van der Waals surface area contributed by atoms with Gasteiger partial charge in [0.25, 0.3) is 0 Å². The number of aliphatic hydroxyl groups is 1. The number of rotatable bonds is 4. The first-order chi connectivity index (χ1) is 10.3. The van der Waals surface area contributed by atoms with Gasteiger partial charge in [0.2, 0.25) is 0 Å². The first kappa shape index (κ1) is 14.5. The molecule has 1 aliphatic heterocycles. The molecule has 3 nitrogen and oxygen atoms in total. The molecule has 1 saturated heterocycles. The summed E-state index contributed by atoms with van der Waals surface area (Å²) in [5, 5.41) is 10.2. The first-order valence-electron chi connectivity index (χ1n) is 7.32. The van der Waals surface area contributed by atoms with E-state index in [4.69, 9.17) is 11.6 Å². The average Bonchev–Trinajstić information content (AvgIpc) is 2.97. The Morgan fingerprint density at radius 1 is 1.29 bits per heavy atom. The second-order valence-electron chi connectivity index (χ2n) is 5.47. The second kappa shape index (κ2) is 6.56. The number of nitrogens with zero attached hydrogens (tertiary/aromatic N) is 2. The maximum Gasteiger partial charge on any atom is 0.0702 e. The molecule has 0 amide bonds. The van der Waals surface area contributed by atoms with Crippen LogP contribution in [0, 0.1) is 0 Å². The number of aromatic nitrogens is 1. The summed E-state index contributed by atoms with van der Waals surface area (Å²) in [6.45, 7) is 2.06. The Morgan fingerprint density at radius 3 is 2.90 bits per heavy atom. The minimum absolute atomic E-state index is 0.226. The molecule has 1 aromatic carbocycles. The summed E-state index contributed by atoms with van der Waals surface area (Å²) >= 11 is 6.43. The zero-order valence-corrected chi connectivity index (χ0v) is 12.6. The van der Waals surface area contributed by atoms with Crippen molar-refractivity contribution in [1.29, 1.82) is 0 Å². The Hall–Kier alpha value is -1.42. The van der Waals surface area contributed by atoms with Crippen molar-refractivity contribution in [3.05, 3.63) is 53.2 Å². The van der Waals surface area contributed by atoms with Gasteiger partial charge in [-0.25, -0.2) is 0 Å². The number of pyridine rings is 1. The van der Waals surface area contributed by atoms with Crippen LogP contribution in [0.1, 0.15) is 18.4 Å². The van der Waals surface area contributed by atoms with Crippen LogP contribution in [0.4, 0.5) is 0 Å². The van der Waals surface area contributed by atoms with Crippen LogP contribution in [-0.2, 0) is 6.54 Å². The van der Waals surface area contributed by atoms with Crippen LogP contribution in [-0.4, -0.2) is 34.2 Å². The van der Waals surface area contributed by atoms with E-state index in [-0.39, 0.29) is 12.6 Å². The van der Waals surface area contributed by atoms with Gasteiger partial charge in [0.15, 0.2) is 0 Å². The number of aliphatic hydroxyl groups excluding tert-OH is 1. The number of likely N-dealkylation sites (tertiary alicyclic amines) is 1. The molecule has 0 spiro atoms. The Bertz CT molecular complexity index is 603. The van der Waals surface area contributed by atoms with Gasteiger partial charge in [-0.1, -0.05) is 29.8 Å². The van der Waals surface area contributed by atoms with Gasteiger partial charge in [-0.15, -0.1) is 0 Å². The Morgan fingerprint density at radius 2 is 2.19 bits per heavy atom. The van der Waals surface area contributed by atoms with Crippen molar-refractivity contribution in [1.82, 2.24) is 9.88 Å². The van der Waals surface area contributed by atoms with E-state index in [1.807, 2.05) is 24.3 Å². The van der Waals surface area contributed by atoms with Gasteiger partial charge < -0.3 is 5.11 Å². The Kier molecular flexibility index (Phi) is 4.54. The number of hydrogen-bond acceptors (Lipinski definition) is 3. The molecule has 1 aliphatic rings. The fourth-order valence-electron chi connectivity index (χ4n) is 2.90. The van der Waals surface area contributed by atoms with Crippen LogP contribution in [0.2, 0.25) is 5.02 Å². The summed E-state index contributed by atoms with van der Waals surface area (Å²) in [6, 6.07) is 12.2. The molecule has 0 radical (unpaired) electrons. The summed E-state index contributed by atoms with van der Waals surface area (Å²) in [5.41, 5.74) is 3.07. The molecule has 0 saturated carbocycles. The topological polar surface area (TPSA) is 36.4 Å². The summed E-state index contributed by atoms with van der Waals surface area (Å²) in [5.74, 6) is 0. The number of benzene rings is 1. The lowest BCUT2D eigenvalue weighted by Crippen LogP contribution is -2.31. The molecule has 1 atom stereocenters. The molecule has 3 rings (SSSR count). The third-order valence-corrected chi connectivity index (χ3v) is 4.45. The molecule has 21 heavy (non-hydrogen) atoms. The standard InChI is InChI=1S/C17H19ClN2O/c18-16-10-13(17-5-1-2-8-19-17)6-7-14(16)11-20-9-3-4-15(20)12-21/h1-2,5-8,10,15,21H,3-4,9,11-12H2/t15-/m0/s1. The average molecular weight is 303 g/mol. The quantitative estimate of drug-likeness (QED) is 0.941. The fraction of sp³-hybridized carbons (Fsp3) is 0.353. The van der Waals surface area contributed by atoms with Crippen molar-refractivity contribution in [3.8, 4) is 11.3 Å². The van der Waals surface area contributed by atoms with Crippen LogP contribution < -0.4 is 0 Å². The number of halogens is 1. The van der Waals surface area contributed by atoms with E-state index in [9.17, 15) is 5.11 Å². The van der Waals surface area contributed by atoms with Gasteiger partial charge in [0.05, 0.1) is 12.3 Å². The van der Waals surface area contributed by atoms with Gasteiger partial charge in [-0.05, 0) is 43.1 Å². The third kappa shape index (κ3) is 3.26. The zero-order chi connectivity index (χ0) is 14.7. The van der Waals surface area contributed by atoms with E-state index < -0.39 is 0 Å². The van der Waals surface area contributed by atoms with E-state index >= 15 is 0 Å². The lowest BCUT2D eigenvalue weighted by molar-refractivity contribution is 0.153. The van der Waals surface area contributed by atoms with Crippen molar-refractivity contribution in [3.63, 3.8) is 0 Å². The van der Waals surface area contributed by atoms with E-state index in [0.29, 0.717) is 0 Å². The number of hydrogen-bond donors (Lipinski definition) is 1. The molecular weight excluding hydrogens is 284 g/mol. The third-order valence-electron chi connectivity index (χ3n) is 4.10. The zero-order valence-electron chi connectivity index (χ0n) is 11.9. The molecule has 1 fully saturated rings. The molecule has 110 valence electrons. The molecule has 4 heteroatoms. The molecule has 2 heterocycles. The van der Waals surface area contributed by atoms with Gasteiger partial charge in [-0.3, -0.25) is 9.88 Å². The highest BCUT2D eigenvalue weighted by atomic mass is 35.5. The van der Waals surface area contributed by atoms with Gasteiger partial charge >= 0.3 is 0 Å². The SMILES string of the molecule is OC[C@@H]1CCCN1Cc1ccc(-c2ccccn2)cc1Cl. The molecule has 2 aromatic rings. The van der Waals surface area contributed by atoms with Crippen LogP contribution in [0.3, 0.4) is 0 Å². The second-order valence-corrected chi connectivity index (χ2v) is 5.88. The van der Waals surface area contributed by atoms with Crippen molar-refractivity contribution >= 4 is 11.6 Å². The summed E-state index contributed by atoms with van der Waals surface area (Å²) in [6.07, 6.45) is 4.00. The fourth-order valence-corrected chi connectivity index (χ4v) is 3.14. The molecule has 1 N–H and O–H groups in total. The van der Waals surface area contributed by atoms with Gasteiger partial charge in [0, 0.05) is 29.4 Å². The molecule has 0 aliphatic carbocycles. The maximum atomic E-state index is 9.39. The van der Waals surface area contributed by atoms with Crippen molar-refractivity contribution in [2.24, 2.45) is 0 Å². The van der Waals surface area contributed by atoms with E-state index in [2.05, 4.69) is 22.0 Å². The van der Waals surface area contributed by atoms with Crippen LogP contribution >= 0.6 is 11.6 Å². The highest BCUT2D eigenvalue weighted by Crippen LogP contribution is 2.27. The smallest absolute Gasteiger partial charge is 0.0702 e. The van der Waals surface area contributed by atoms with Gasteiger partial charge in [0.1, 0.15) is 0 Å². The predicted molar refractivity (Wildman–Crippen MR) is 85.2 cm³/mol.